The van der Waals surface area contributed by atoms with Crippen LogP contribution in [0.15, 0.2) is 0 Å². The summed E-state index contributed by atoms with van der Waals surface area (Å²) >= 11 is 0. The second-order valence-corrected chi connectivity index (χ2v) is 14.8. The van der Waals surface area contributed by atoms with Crippen molar-refractivity contribution < 1.29 is 48.0 Å². The third-order valence-electron chi connectivity index (χ3n) is 10.4. The van der Waals surface area contributed by atoms with E-state index in [2.05, 4.69) is 0 Å². The van der Waals surface area contributed by atoms with Crippen LogP contribution in [0.5, 0.6) is 0 Å². The highest BCUT2D eigenvalue weighted by Gasteiger charge is 2.55. The number of cyclic esters (lactones) is 1. The standard InChI is InChI=1S/C34H58N2O10/c1-12-26-34(9)16-27(38)45-30(34)21(5)17-36(33(40)41)22(6)14-19(3)28(18(2)13-20(4)31(39)44-26)46-32-29(43-24(8)37)25(35(10)11)15-23(7)42-32/h18-23,25-26,28-30,32H,12-17H2,1-11H3,(H,40,41)/p+1/t18-,19-,20+,21-,22+,23+,25-,26+,28+,29+,30+,32-,34+/m0/s1. The molecule has 3 saturated heterocycles. The zero-order valence-electron chi connectivity index (χ0n) is 29.7. The highest BCUT2D eigenvalue weighted by atomic mass is 16.7. The molecular weight excluding hydrogens is 596 g/mol. The number of carbonyl (C=O) groups excluding carboxylic acids is 4. The van der Waals surface area contributed by atoms with Gasteiger partial charge in [0.25, 0.3) is 0 Å². The van der Waals surface area contributed by atoms with Crippen LogP contribution in [-0.4, -0.2) is 108 Å². The third-order valence-corrected chi connectivity index (χ3v) is 10.4. The van der Waals surface area contributed by atoms with Gasteiger partial charge in [-0.05, 0) is 65.5 Å². The lowest BCUT2D eigenvalue weighted by Gasteiger charge is -2.45. The molecule has 0 radical (unpaired) electrons. The fourth-order valence-electron chi connectivity index (χ4n) is 8.13. The first-order valence-electron chi connectivity index (χ1n) is 17.0. The van der Waals surface area contributed by atoms with Gasteiger partial charge in [-0.2, -0.15) is 0 Å². The summed E-state index contributed by atoms with van der Waals surface area (Å²) in [6.45, 7) is 17.1. The summed E-state index contributed by atoms with van der Waals surface area (Å²) in [4.78, 5) is 54.7. The topological polar surface area (TPSA) is 144 Å². The fraction of sp³-hybridized carbons (Fsp3) is 0.882. The summed E-state index contributed by atoms with van der Waals surface area (Å²) < 4.78 is 30.9. The van der Waals surface area contributed by atoms with Crippen LogP contribution in [0.2, 0.25) is 0 Å². The summed E-state index contributed by atoms with van der Waals surface area (Å²) in [7, 11) is 3.88. The minimum atomic E-state index is -0.845. The van der Waals surface area contributed by atoms with Gasteiger partial charge in [0.15, 0.2) is 12.4 Å². The number of likely N-dealkylation sites (N-methyl/N-ethyl adjacent to an activating group) is 1. The van der Waals surface area contributed by atoms with Gasteiger partial charge in [-0.15, -0.1) is 0 Å². The maximum absolute atomic E-state index is 13.6. The SMILES string of the molecule is CC[C@H]1OC(=O)[C@H](C)C[C@H](C)[C@@H](O[C@@H]2O[C@H](C)C[C@H](N(C)C)[C@H]2OC(C)=O)[C@@H](C)C[C@@H](C)N(C(=O)[OH2+])C[C@H](C)[C@H]2OC(=O)C[C@@]21C. The predicted octanol–water partition coefficient (Wildman–Crippen LogP) is 3.89. The van der Waals surface area contributed by atoms with Crippen molar-refractivity contribution >= 4 is 24.0 Å². The van der Waals surface area contributed by atoms with Crippen molar-refractivity contribution in [2.75, 3.05) is 20.6 Å². The normalized spacial score (nSPS) is 41.5. The van der Waals surface area contributed by atoms with Crippen molar-refractivity contribution in [3.63, 3.8) is 0 Å². The fourth-order valence-corrected chi connectivity index (χ4v) is 8.13. The van der Waals surface area contributed by atoms with Gasteiger partial charge in [-0.25, -0.2) is 0 Å². The monoisotopic (exact) mass is 655 g/mol. The van der Waals surface area contributed by atoms with E-state index < -0.39 is 54.1 Å². The Hall–Kier alpha value is -2.44. The number of hydrogen-bond acceptors (Lipinski definition) is 10. The molecule has 13 atom stereocenters. The van der Waals surface area contributed by atoms with E-state index in [1.54, 1.807) is 0 Å². The molecule has 1 amide bonds. The highest BCUT2D eigenvalue weighted by molar-refractivity contribution is 5.74. The van der Waals surface area contributed by atoms with E-state index in [9.17, 15) is 19.2 Å². The Labute approximate surface area is 274 Å². The van der Waals surface area contributed by atoms with E-state index in [-0.39, 0.29) is 60.8 Å². The number of amides is 1. The van der Waals surface area contributed by atoms with Crippen LogP contribution in [0.25, 0.3) is 0 Å². The van der Waals surface area contributed by atoms with Crippen molar-refractivity contribution in [2.24, 2.45) is 29.1 Å². The number of ether oxygens (including phenoxy) is 5. The van der Waals surface area contributed by atoms with Gasteiger partial charge in [0.05, 0.1) is 40.8 Å². The molecule has 3 fully saturated rings. The van der Waals surface area contributed by atoms with Gasteiger partial charge in [-0.1, -0.05) is 41.5 Å². The summed E-state index contributed by atoms with van der Waals surface area (Å²) in [5.74, 6) is -2.23. The number of rotatable bonds is 5. The van der Waals surface area contributed by atoms with Gasteiger partial charge < -0.3 is 33.7 Å². The third kappa shape index (κ3) is 8.72. The first-order chi connectivity index (χ1) is 21.4. The molecule has 46 heavy (non-hydrogen) atoms. The van der Waals surface area contributed by atoms with Crippen LogP contribution < -0.4 is 0 Å². The van der Waals surface area contributed by atoms with Gasteiger partial charge in [-0.3, -0.25) is 19.3 Å². The van der Waals surface area contributed by atoms with Crippen LogP contribution in [0.4, 0.5) is 4.79 Å². The average molecular weight is 656 g/mol. The molecule has 0 aromatic carbocycles. The second-order valence-electron chi connectivity index (χ2n) is 14.8. The molecule has 0 spiro atoms. The quantitative estimate of drug-likeness (QED) is 0.243. The van der Waals surface area contributed by atoms with E-state index >= 15 is 0 Å². The number of fused-ring (bicyclic) bond motifs is 1. The second kappa shape index (κ2) is 15.6. The van der Waals surface area contributed by atoms with Crippen LogP contribution in [0, 0.1) is 29.1 Å². The van der Waals surface area contributed by atoms with Gasteiger partial charge >= 0.3 is 24.0 Å². The molecule has 0 aliphatic carbocycles. The maximum Gasteiger partial charge on any atom is 0.629 e. The van der Waals surface area contributed by atoms with Crippen LogP contribution in [-0.2, 0) is 38.1 Å². The first kappa shape index (κ1) is 38.0. The lowest BCUT2D eigenvalue weighted by Crippen LogP contribution is -2.57. The average Bonchev–Trinajstić information content (AvgIpc) is 3.27. The van der Waals surface area contributed by atoms with Gasteiger partial charge in [0, 0.05) is 25.4 Å². The Balaban J connectivity index is 2.02. The Morgan fingerprint density at radius 3 is 2.17 bits per heavy atom. The molecule has 2 N–H and O–H groups in total. The Morgan fingerprint density at radius 2 is 1.61 bits per heavy atom. The Bertz CT molecular complexity index is 1090. The van der Waals surface area contributed by atoms with Crippen molar-refractivity contribution in [2.45, 2.75) is 143 Å². The van der Waals surface area contributed by atoms with Crippen LogP contribution in [0.1, 0.15) is 94.4 Å². The van der Waals surface area contributed by atoms with Crippen molar-refractivity contribution in [3.8, 4) is 0 Å². The smallest absolute Gasteiger partial charge is 0.547 e. The molecule has 12 nitrogen and oxygen atoms in total. The van der Waals surface area contributed by atoms with Gasteiger partial charge in [0.2, 0.25) is 0 Å². The van der Waals surface area contributed by atoms with Crippen molar-refractivity contribution in [3.05, 3.63) is 0 Å². The molecule has 0 unspecified atom stereocenters. The van der Waals surface area contributed by atoms with E-state index in [0.717, 1.165) is 0 Å². The van der Waals surface area contributed by atoms with Crippen LogP contribution in [0.3, 0.4) is 0 Å². The Morgan fingerprint density at radius 1 is 0.978 bits per heavy atom. The van der Waals surface area contributed by atoms with Crippen molar-refractivity contribution in [1.29, 1.82) is 0 Å². The predicted molar refractivity (Wildman–Crippen MR) is 171 cm³/mol. The summed E-state index contributed by atoms with van der Waals surface area (Å²) in [6, 6.07) is -0.464. The highest BCUT2D eigenvalue weighted by Crippen LogP contribution is 2.45. The number of hydrogen-bond donors (Lipinski definition) is 0. The van der Waals surface area contributed by atoms with Crippen LogP contribution >= 0.6 is 0 Å². The molecular formula is C34H59N2O10+. The number of carbonyl (C=O) groups is 4. The molecule has 0 aromatic rings. The lowest BCUT2D eigenvalue weighted by atomic mass is 9.72. The molecule has 0 saturated carbocycles. The molecule has 12 heteroatoms. The largest absolute Gasteiger partial charge is 0.629 e. The molecule has 3 aliphatic rings. The zero-order chi connectivity index (χ0) is 34.7. The molecule has 0 bridgehead atoms. The molecule has 0 aromatic heterocycles. The molecule has 3 heterocycles. The minimum absolute atomic E-state index is 0.104. The van der Waals surface area contributed by atoms with Gasteiger partial charge in [0.1, 0.15) is 12.2 Å². The summed E-state index contributed by atoms with van der Waals surface area (Å²) in [6.07, 6.45) is -1.88. The van der Waals surface area contributed by atoms with E-state index in [1.807, 2.05) is 74.4 Å². The van der Waals surface area contributed by atoms with E-state index in [4.69, 9.17) is 28.8 Å². The minimum Gasteiger partial charge on any atom is -0.547 e. The lowest BCUT2D eigenvalue weighted by molar-refractivity contribution is -0.283. The first-order valence-corrected chi connectivity index (χ1v) is 17.0. The maximum atomic E-state index is 13.6. The van der Waals surface area contributed by atoms with E-state index in [0.29, 0.717) is 25.7 Å². The molecule has 3 rings (SSSR count). The summed E-state index contributed by atoms with van der Waals surface area (Å²) in [5, 5.41) is 8.15. The number of esters is 3. The molecule has 3 aliphatic heterocycles. The molecule has 264 valence electrons. The van der Waals surface area contributed by atoms with Crippen molar-refractivity contribution in [1.82, 2.24) is 9.80 Å². The Kier molecular flexibility index (Phi) is 12.9. The zero-order valence-corrected chi connectivity index (χ0v) is 29.7. The summed E-state index contributed by atoms with van der Waals surface area (Å²) in [5.41, 5.74) is -0.783. The van der Waals surface area contributed by atoms with E-state index in [1.165, 1.54) is 11.8 Å². The number of nitrogens with zero attached hydrogens (tertiary/aromatic N) is 2.